The van der Waals surface area contributed by atoms with Crippen LogP contribution in [-0.2, 0) is 7.05 Å². The Morgan fingerprint density at radius 1 is 1.11 bits per heavy atom. The number of piperidine rings is 1. The van der Waals surface area contributed by atoms with Gasteiger partial charge >= 0.3 is 5.69 Å². The predicted molar refractivity (Wildman–Crippen MR) is 76.7 cm³/mol. The largest absolute Gasteiger partial charge is 0.347 e. The van der Waals surface area contributed by atoms with Gasteiger partial charge in [-0.3, -0.25) is 4.57 Å². The highest BCUT2D eigenvalue weighted by atomic mass is 79.9. The molecular weight excluding hydrogens is 294 g/mol. The first kappa shape index (κ1) is 11.8. The summed E-state index contributed by atoms with van der Waals surface area (Å²) in [6, 6.07) is 5.99. The van der Waals surface area contributed by atoms with Gasteiger partial charge in [-0.25, -0.2) is 9.47 Å². The van der Waals surface area contributed by atoms with Crippen LogP contribution in [0, 0.1) is 0 Å². The van der Waals surface area contributed by atoms with Crippen LogP contribution in [0.5, 0.6) is 0 Å². The lowest BCUT2D eigenvalue weighted by atomic mass is 10.2. The van der Waals surface area contributed by atoms with Crippen molar-refractivity contribution in [3.05, 3.63) is 33.2 Å². The Hall–Kier alpha value is -1.23. The maximum absolute atomic E-state index is 12.4. The van der Waals surface area contributed by atoms with Crippen LogP contribution < -0.4 is 10.7 Å². The molecule has 0 N–H and O–H groups in total. The van der Waals surface area contributed by atoms with E-state index in [9.17, 15) is 4.79 Å². The minimum absolute atomic E-state index is 0.0463. The van der Waals surface area contributed by atoms with E-state index in [-0.39, 0.29) is 5.69 Å². The molecule has 96 valence electrons. The molecule has 0 spiro atoms. The number of aryl methyl sites for hydroxylation is 1. The Morgan fingerprint density at radius 2 is 1.83 bits per heavy atom. The molecule has 0 amide bonds. The average Bonchev–Trinajstić information content (AvgIpc) is 2.64. The number of nitrogens with zero attached hydrogens (tertiary/aromatic N) is 3. The van der Waals surface area contributed by atoms with Crippen molar-refractivity contribution in [2.24, 2.45) is 7.05 Å². The molecule has 2 aromatic rings. The van der Waals surface area contributed by atoms with Crippen LogP contribution in [0.2, 0.25) is 0 Å². The zero-order chi connectivity index (χ0) is 12.7. The molecule has 3 rings (SSSR count). The summed E-state index contributed by atoms with van der Waals surface area (Å²) in [4.78, 5) is 12.4. The van der Waals surface area contributed by atoms with Gasteiger partial charge in [-0.15, -0.1) is 0 Å². The van der Waals surface area contributed by atoms with Crippen LogP contribution in [0.15, 0.2) is 27.5 Å². The van der Waals surface area contributed by atoms with E-state index in [1.54, 1.807) is 4.57 Å². The van der Waals surface area contributed by atoms with Crippen LogP contribution in [0.1, 0.15) is 19.3 Å². The van der Waals surface area contributed by atoms with Crippen molar-refractivity contribution < 1.29 is 0 Å². The molecule has 1 saturated heterocycles. The number of fused-ring (bicyclic) bond motifs is 1. The van der Waals surface area contributed by atoms with Crippen LogP contribution in [-0.4, -0.2) is 22.3 Å². The van der Waals surface area contributed by atoms with Gasteiger partial charge in [-0.2, -0.15) is 0 Å². The molecule has 1 aromatic carbocycles. The highest BCUT2D eigenvalue weighted by Crippen LogP contribution is 2.20. The lowest BCUT2D eigenvalue weighted by Crippen LogP contribution is -2.45. The van der Waals surface area contributed by atoms with Crippen molar-refractivity contribution in [3.63, 3.8) is 0 Å². The van der Waals surface area contributed by atoms with E-state index in [1.165, 1.54) is 19.3 Å². The van der Waals surface area contributed by atoms with Crippen LogP contribution >= 0.6 is 15.9 Å². The number of hydrogen-bond acceptors (Lipinski definition) is 2. The lowest BCUT2D eigenvalue weighted by molar-refractivity contribution is 0.474. The standard InChI is InChI=1S/C13H16BrN3O/c1-15-12-9-10(14)5-6-11(12)17(13(15)18)16-7-3-2-4-8-16/h5-6,9H,2-4,7-8H2,1H3. The van der Waals surface area contributed by atoms with Crippen molar-refractivity contribution in [2.75, 3.05) is 18.1 Å². The summed E-state index contributed by atoms with van der Waals surface area (Å²) in [5.41, 5.74) is 2.01. The van der Waals surface area contributed by atoms with Gasteiger partial charge in [0.25, 0.3) is 0 Å². The summed E-state index contributed by atoms with van der Waals surface area (Å²) < 4.78 is 4.55. The van der Waals surface area contributed by atoms with Crippen molar-refractivity contribution in [2.45, 2.75) is 19.3 Å². The number of benzene rings is 1. The molecule has 1 aromatic heterocycles. The summed E-state index contributed by atoms with van der Waals surface area (Å²) in [5, 5.41) is 2.17. The van der Waals surface area contributed by atoms with Gasteiger partial charge in [0.15, 0.2) is 0 Å². The summed E-state index contributed by atoms with van der Waals surface area (Å²) in [7, 11) is 1.83. The monoisotopic (exact) mass is 309 g/mol. The van der Waals surface area contributed by atoms with Crippen molar-refractivity contribution in [1.82, 2.24) is 9.24 Å². The number of rotatable bonds is 1. The minimum Gasteiger partial charge on any atom is -0.308 e. The number of halogens is 1. The van der Waals surface area contributed by atoms with E-state index in [2.05, 4.69) is 20.9 Å². The molecule has 0 bridgehead atoms. The molecule has 5 heteroatoms. The summed E-state index contributed by atoms with van der Waals surface area (Å²) in [6.45, 7) is 1.93. The molecule has 0 radical (unpaired) electrons. The maximum Gasteiger partial charge on any atom is 0.347 e. The Bertz CT molecular complexity index is 637. The molecule has 1 fully saturated rings. The Labute approximate surface area is 114 Å². The Balaban J connectivity index is 2.22. The zero-order valence-electron chi connectivity index (χ0n) is 10.4. The molecule has 1 aliphatic heterocycles. The second-order valence-electron chi connectivity index (χ2n) is 4.80. The first-order valence-electron chi connectivity index (χ1n) is 6.31. The van der Waals surface area contributed by atoms with E-state index in [4.69, 9.17) is 0 Å². The normalized spacial score (nSPS) is 16.4. The van der Waals surface area contributed by atoms with Crippen molar-refractivity contribution >= 4 is 27.0 Å². The fourth-order valence-electron chi connectivity index (χ4n) is 2.64. The van der Waals surface area contributed by atoms with Gasteiger partial charge < -0.3 is 5.01 Å². The third-order valence-electron chi connectivity index (χ3n) is 3.61. The second kappa shape index (κ2) is 4.46. The molecular formula is C13H16BrN3O. The Morgan fingerprint density at radius 3 is 2.56 bits per heavy atom. The smallest absolute Gasteiger partial charge is 0.308 e. The van der Waals surface area contributed by atoms with Crippen molar-refractivity contribution in [1.29, 1.82) is 0 Å². The Kier molecular flexibility index (Phi) is 2.93. The van der Waals surface area contributed by atoms with Crippen LogP contribution in [0.3, 0.4) is 0 Å². The average molecular weight is 310 g/mol. The fraction of sp³-hybridized carbons (Fsp3) is 0.462. The SMILES string of the molecule is Cn1c(=O)n(N2CCCCC2)c2ccc(Br)cc21. The topological polar surface area (TPSA) is 30.2 Å². The molecule has 0 unspecified atom stereocenters. The fourth-order valence-corrected chi connectivity index (χ4v) is 2.99. The summed E-state index contributed by atoms with van der Waals surface area (Å²) in [6.07, 6.45) is 3.60. The number of imidazole rings is 1. The van der Waals surface area contributed by atoms with E-state index in [1.807, 2.05) is 29.9 Å². The van der Waals surface area contributed by atoms with E-state index >= 15 is 0 Å². The van der Waals surface area contributed by atoms with Gasteiger partial charge in [-0.05, 0) is 37.5 Å². The van der Waals surface area contributed by atoms with Gasteiger partial charge in [0.2, 0.25) is 0 Å². The molecule has 18 heavy (non-hydrogen) atoms. The third kappa shape index (κ3) is 1.77. The quantitative estimate of drug-likeness (QED) is 0.808. The van der Waals surface area contributed by atoms with Gasteiger partial charge in [0, 0.05) is 24.6 Å². The van der Waals surface area contributed by atoms with Crippen LogP contribution in [0.4, 0.5) is 0 Å². The van der Waals surface area contributed by atoms with E-state index in [0.29, 0.717) is 0 Å². The van der Waals surface area contributed by atoms with Gasteiger partial charge in [0.1, 0.15) is 0 Å². The predicted octanol–water partition coefficient (Wildman–Crippen LogP) is 2.22. The zero-order valence-corrected chi connectivity index (χ0v) is 12.0. The first-order chi connectivity index (χ1) is 8.68. The summed E-state index contributed by atoms with van der Waals surface area (Å²) >= 11 is 3.46. The maximum atomic E-state index is 12.4. The molecule has 1 aliphatic rings. The molecule has 2 heterocycles. The molecule has 4 nitrogen and oxygen atoms in total. The van der Waals surface area contributed by atoms with E-state index in [0.717, 1.165) is 28.6 Å². The number of hydrogen-bond donors (Lipinski definition) is 0. The highest BCUT2D eigenvalue weighted by Gasteiger charge is 2.18. The molecule has 0 saturated carbocycles. The number of aromatic nitrogens is 2. The minimum atomic E-state index is 0.0463. The molecule has 0 atom stereocenters. The van der Waals surface area contributed by atoms with E-state index < -0.39 is 0 Å². The second-order valence-corrected chi connectivity index (χ2v) is 5.72. The van der Waals surface area contributed by atoms with Crippen molar-refractivity contribution in [3.8, 4) is 0 Å². The van der Waals surface area contributed by atoms with Gasteiger partial charge in [0.05, 0.1) is 11.0 Å². The molecule has 0 aliphatic carbocycles. The summed E-state index contributed by atoms with van der Waals surface area (Å²) in [5.74, 6) is 0. The third-order valence-corrected chi connectivity index (χ3v) is 4.10. The highest BCUT2D eigenvalue weighted by molar-refractivity contribution is 9.10. The first-order valence-corrected chi connectivity index (χ1v) is 7.10. The van der Waals surface area contributed by atoms with Crippen LogP contribution in [0.25, 0.3) is 11.0 Å². The van der Waals surface area contributed by atoms with Gasteiger partial charge in [-0.1, -0.05) is 15.9 Å². The lowest BCUT2D eigenvalue weighted by Gasteiger charge is -2.29.